The standard InChI is InChI=1S/C23H20BrNO4/c1-14-7-9-20(23(29-3)15(14)2)16-5-4-6-17(11-16)22(26)13-18-12-19(25(27)28)8-10-21(18)24/h4-12H,13H2,1-3H3. The van der Waals surface area contributed by atoms with Crippen LogP contribution in [0.25, 0.3) is 11.1 Å². The van der Waals surface area contributed by atoms with Crippen LogP contribution in [-0.2, 0) is 6.42 Å². The summed E-state index contributed by atoms with van der Waals surface area (Å²) in [4.78, 5) is 23.4. The van der Waals surface area contributed by atoms with Crippen LogP contribution < -0.4 is 4.74 Å². The molecule has 0 unspecified atom stereocenters. The number of hydrogen-bond donors (Lipinski definition) is 0. The third-order valence-electron chi connectivity index (χ3n) is 4.97. The van der Waals surface area contributed by atoms with Crippen molar-refractivity contribution in [3.63, 3.8) is 0 Å². The highest BCUT2D eigenvalue weighted by molar-refractivity contribution is 9.10. The molecule has 0 aliphatic rings. The number of rotatable bonds is 6. The van der Waals surface area contributed by atoms with Gasteiger partial charge in [0.25, 0.3) is 5.69 Å². The molecule has 0 aromatic heterocycles. The van der Waals surface area contributed by atoms with E-state index < -0.39 is 4.92 Å². The lowest BCUT2D eigenvalue weighted by Crippen LogP contribution is -2.05. The molecule has 0 aliphatic heterocycles. The van der Waals surface area contributed by atoms with Crippen LogP contribution in [0.4, 0.5) is 5.69 Å². The monoisotopic (exact) mass is 453 g/mol. The normalized spacial score (nSPS) is 10.6. The highest BCUT2D eigenvalue weighted by atomic mass is 79.9. The maximum Gasteiger partial charge on any atom is 0.269 e. The second-order valence-electron chi connectivity index (χ2n) is 6.80. The Kier molecular flexibility index (Phi) is 6.13. The number of nitro benzene ring substituents is 1. The van der Waals surface area contributed by atoms with Gasteiger partial charge in [0, 0.05) is 34.2 Å². The van der Waals surface area contributed by atoms with E-state index in [4.69, 9.17) is 4.74 Å². The number of carbonyl (C=O) groups is 1. The van der Waals surface area contributed by atoms with Gasteiger partial charge in [-0.2, -0.15) is 0 Å². The molecule has 0 saturated carbocycles. The Morgan fingerprint density at radius 3 is 2.55 bits per heavy atom. The van der Waals surface area contributed by atoms with Gasteiger partial charge in [-0.15, -0.1) is 0 Å². The summed E-state index contributed by atoms with van der Waals surface area (Å²) in [6.45, 7) is 4.03. The minimum Gasteiger partial charge on any atom is -0.496 e. The number of hydrogen-bond acceptors (Lipinski definition) is 4. The highest BCUT2D eigenvalue weighted by Crippen LogP contribution is 2.35. The van der Waals surface area contributed by atoms with Crippen molar-refractivity contribution in [2.45, 2.75) is 20.3 Å². The molecular formula is C23H20BrNO4. The minimum atomic E-state index is -0.465. The third kappa shape index (κ3) is 4.38. The minimum absolute atomic E-state index is 0.0374. The molecule has 0 bridgehead atoms. The summed E-state index contributed by atoms with van der Waals surface area (Å²) < 4.78 is 6.27. The summed E-state index contributed by atoms with van der Waals surface area (Å²) in [5, 5.41) is 11.0. The molecule has 5 nitrogen and oxygen atoms in total. The lowest BCUT2D eigenvalue weighted by Gasteiger charge is -2.14. The molecule has 0 spiro atoms. The first-order valence-corrected chi connectivity index (χ1v) is 9.81. The van der Waals surface area contributed by atoms with E-state index in [2.05, 4.69) is 15.9 Å². The topological polar surface area (TPSA) is 69.4 Å². The Morgan fingerprint density at radius 1 is 1.10 bits per heavy atom. The second-order valence-corrected chi connectivity index (χ2v) is 7.66. The summed E-state index contributed by atoms with van der Waals surface area (Å²) in [5.74, 6) is 0.673. The number of nitrogens with zero attached hydrogens (tertiary/aromatic N) is 1. The molecule has 0 aliphatic carbocycles. The van der Waals surface area contributed by atoms with E-state index in [0.29, 0.717) is 15.6 Å². The van der Waals surface area contributed by atoms with Crippen LogP contribution in [0.3, 0.4) is 0 Å². The molecule has 0 fully saturated rings. The maximum absolute atomic E-state index is 12.9. The summed E-state index contributed by atoms with van der Waals surface area (Å²) in [6, 6.07) is 15.8. The summed E-state index contributed by atoms with van der Waals surface area (Å²) in [7, 11) is 1.64. The van der Waals surface area contributed by atoms with Crippen molar-refractivity contribution in [3.05, 3.63) is 91.4 Å². The lowest BCUT2D eigenvalue weighted by molar-refractivity contribution is -0.384. The fourth-order valence-electron chi connectivity index (χ4n) is 3.23. The number of ketones is 1. The number of carbonyl (C=O) groups excluding carboxylic acids is 1. The number of ether oxygens (including phenoxy) is 1. The quantitative estimate of drug-likeness (QED) is 0.257. The predicted octanol–water partition coefficient (Wildman–Crippen LogP) is 6.08. The summed E-state index contributed by atoms with van der Waals surface area (Å²) in [5.41, 5.74) is 5.08. The van der Waals surface area contributed by atoms with Gasteiger partial charge in [-0.3, -0.25) is 14.9 Å². The Hall–Kier alpha value is -2.99. The van der Waals surface area contributed by atoms with E-state index in [1.165, 1.54) is 12.1 Å². The summed E-state index contributed by atoms with van der Waals surface area (Å²) in [6.07, 6.45) is 0.0653. The van der Waals surface area contributed by atoms with Crippen molar-refractivity contribution in [3.8, 4) is 16.9 Å². The van der Waals surface area contributed by atoms with Gasteiger partial charge < -0.3 is 4.74 Å². The molecule has 0 heterocycles. The molecule has 0 saturated heterocycles. The molecule has 3 aromatic rings. The van der Waals surface area contributed by atoms with Crippen molar-refractivity contribution < 1.29 is 14.5 Å². The Bertz CT molecular complexity index is 1110. The van der Waals surface area contributed by atoms with Gasteiger partial charge in [-0.1, -0.05) is 46.3 Å². The van der Waals surface area contributed by atoms with E-state index in [1.807, 2.05) is 44.2 Å². The number of nitro groups is 1. The van der Waals surface area contributed by atoms with Gasteiger partial charge in [-0.25, -0.2) is 0 Å². The Balaban J connectivity index is 1.95. The number of methoxy groups -OCH3 is 1. The fourth-order valence-corrected chi connectivity index (χ4v) is 3.61. The average Bonchev–Trinajstić information content (AvgIpc) is 2.71. The van der Waals surface area contributed by atoms with Crippen LogP contribution in [0.15, 0.2) is 59.1 Å². The zero-order valence-corrected chi connectivity index (χ0v) is 17.9. The molecule has 0 N–H and O–H groups in total. The molecular weight excluding hydrogens is 434 g/mol. The van der Waals surface area contributed by atoms with Gasteiger partial charge in [0.1, 0.15) is 5.75 Å². The van der Waals surface area contributed by atoms with Crippen LogP contribution in [0.1, 0.15) is 27.0 Å². The molecule has 0 radical (unpaired) electrons. The van der Waals surface area contributed by atoms with E-state index in [1.54, 1.807) is 19.2 Å². The lowest BCUT2D eigenvalue weighted by atomic mass is 9.95. The van der Waals surface area contributed by atoms with Crippen LogP contribution >= 0.6 is 15.9 Å². The first-order valence-electron chi connectivity index (χ1n) is 9.02. The van der Waals surface area contributed by atoms with Crippen molar-refractivity contribution in [2.24, 2.45) is 0 Å². The average molecular weight is 454 g/mol. The van der Waals surface area contributed by atoms with Crippen LogP contribution in [0, 0.1) is 24.0 Å². The second kappa shape index (κ2) is 8.57. The van der Waals surface area contributed by atoms with Crippen LogP contribution in [-0.4, -0.2) is 17.8 Å². The first kappa shape index (κ1) is 20.7. The van der Waals surface area contributed by atoms with Crippen LogP contribution in [0.5, 0.6) is 5.75 Å². The van der Waals surface area contributed by atoms with E-state index in [0.717, 1.165) is 28.0 Å². The predicted molar refractivity (Wildman–Crippen MR) is 117 cm³/mol. The number of halogens is 1. The summed E-state index contributed by atoms with van der Waals surface area (Å²) >= 11 is 3.37. The number of non-ortho nitro benzene ring substituents is 1. The largest absolute Gasteiger partial charge is 0.496 e. The molecule has 0 amide bonds. The van der Waals surface area contributed by atoms with Crippen molar-refractivity contribution in [1.29, 1.82) is 0 Å². The number of aryl methyl sites for hydroxylation is 1. The van der Waals surface area contributed by atoms with Crippen LogP contribution in [0.2, 0.25) is 0 Å². The van der Waals surface area contributed by atoms with E-state index in [9.17, 15) is 14.9 Å². The van der Waals surface area contributed by atoms with Gasteiger partial charge in [0.15, 0.2) is 5.78 Å². The number of benzene rings is 3. The highest BCUT2D eigenvalue weighted by Gasteiger charge is 2.16. The maximum atomic E-state index is 12.9. The number of Topliss-reactive ketones (excluding diaryl/α,β-unsaturated/α-hetero) is 1. The van der Waals surface area contributed by atoms with Crippen molar-refractivity contribution in [2.75, 3.05) is 7.11 Å². The van der Waals surface area contributed by atoms with Gasteiger partial charge in [-0.05, 0) is 48.2 Å². The molecule has 148 valence electrons. The Labute approximate surface area is 177 Å². The first-order chi connectivity index (χ1) is 13.8. The molecule has 0 atom stereocenters. The van der Waals surface area contributed by atoms with Gasteiger partial charge in [0.2, 0.25) is 0 Å². The molecule has 3 rings (SSSR count). The van der Waals surface area contributed by atoms with Crippen molar-refractivity contribution >= 4 is 27.4 Å². The molecule has 6 heteroatoms. The van der Waals surface area contributed by atoms with Gasteiger partial charge >= 0.3 is 0 Å². The van der Waals surface area contributed by atoms with E-state index in [-0.39, 0.29) is 17.9 Å². The third-order valence-corrected chi connectivity index (χ3v) is 5.74. The molecule has 29 heavy (non-hydrogen) atoms. The zero-order valence-electron chi connectivity index (χ0n) is 16.4. The molecule has 3 aromatic carbocycles. The van der Waals surface area contributed by atoms with Gasteiger partial charge in [0.05, 0.1) is 12.0 Å². The fraction of sp³-hybridized carbons (Fsp3) is 0.174. The SMILES string of the molecule is COc1c(-c2cccc(C(=O)Cc3cc([N+](=O)[O-])ccc3Br)c2)ccc(C)c1C. The van der Waals surface area contributed by atoms with E-state index >= 15 is 0 Å². The van der Waals surface area contributed by atoms with Crippen molar-refractivity contribution in [1.82, 2.24) is 0 Å². The Morgan fingerprint density at radius 2 is 1.86 bits per heavy atom. The zero-order chi connectivity index (χ0) is 21.1. The smallest absolute Gasteiger partial charge is 0.269 e.